The zero-order valence-electron chi connectivity index (χ0n) is 19.9. The summed E-state index contributed by atoms with van der Waals surface area (Å²) in [6.45, 7) is 1.10. The number of furan rings is 1. The maximum absolute atomic E-state index is 13.0. The Balaban J connectivity index is 1.51. The van der Waals surface area contributed by atoms with Gasteiger partial charge in [-0.3, -0.25) is 9.59 Å². The molecule has 10 heteroatoms. The van der Waals surface area contributed by atoms with E-state index in [0.29, 0.717) is 52.4 Å². The number of carbonyl (C=O) groups is 2. The Morgan fingerprint density at radius 2 is 1.89 bits per heavy atom. The van der Waals surface area contributed by atoms with E-state index < -0.39 is 11.8 Å². The molecule has 0 spiro atoms. The molecule has 8 nitrogen and oxygen atoms in total. The van der Waals surface area contributed by atoms with Crippen molar-refractivity contribution in [3.8, 4) is 17.1 Å². The lowest BCUT2D eigenvalue weighted by atomic mass is 10.2. The van der Waals surface area contributed by atoms with Gasteiger partial charge in [0.15, 0.2) is 0 Å². The molecule has 2 aromatic carbocycles. The standard InChI is InChI=1S/C27H24Cl2N4O4/c1-36-20-6-3-18(4-7-20)26(34)32-24(27(35)31-11-2-13-33-14-12-30-17-33)16-21-8-10-25(37-21)19-5-9-22(28)23(29)15-19/h3-10,12,14-17H,2,11,13H2,1H3,(H,31,35)(H,32,34)/b24-16-. The van der Waals surface area contributed by atoms with Crippen molar-refractivity contribution in [1.29, 1.82) is 0 Å². The second-order valence-electron chi connectivity index (χ2n) is 7.98. The van der Waals surface area contributed by atoms with Crippen molar-refractivity contribution in [3.05, 3.63) is 100 Å². The lowest BCUT2D eigenvalue weighted by molar-refractivity contribution is -0.117. The van der Waals surface area contributed by atoms with E-state index in [1.165, 1.54) is 6.08 Å². The van der Waals surface area contributed by atoms with Gasteiger partial charge in [-0.2, -0.15) is 0 Å². The number of aryl methyl sites for hydroxylation is 1. The molecule has 0 atom stereocenters. The number of amides is 2. The average Bonchev–Trinajstić information content (AvgIpc) is 3.60. The fourth-order valence-electron chi connectivity index (χ4n) is 3.45. The molecular formula is C27H24Cl2N4O4. The molecule has 0 aliphatic rings. The molecule has 0 unspecified atom stereocenters. The molecule has 0 aliphatic heterocycles. The van der Waals surface area contributed by atoms with Crippen LogP contribution in [0, 0.1) is 0 Å². The minimum atomic E-state index is -0.446. The highest BCUT2D eigenvalue weighted by molar-refractivity contribution is 6.42. The number of benzene rings is 2. The van der Waals surface area contributed by atoms with Gasteiger partial charge in [-0.1, -0.05) is 23.2 Å². The van der Waals surface area contributed by atoms with Crippen LogP contribution in [0.2, 0.25) is 10.0 Å². The van der Waals surface area contributed by atoms with Crippen LogP contribution < -0.4 is 15.4 Å². The number of hydrogen-bond donors (Lipinski definition) is 2. The van der Waals surface area contributed by atoms with Gasteiger partial charge in [0.1, 0.15) is 23.0 Å². The van der Waals surface area contributed by atoms with Gasteiger partial charge in [0.2, 0.25) is 0 Å². The van der Waals surface area contributed by atoms with Crippen LogP contribution in [0.3, 0.4) is 0 Å². The molecule has 4 rings (SSSR count). The van der Waals surface area contributed by atoms with E-state index >= 15 is 0 Å². The summed E-state index contributed by atoms with van der Waals surface area (Å²) in [4.78, 5) is 29.9. The molecule has 190 valence electrons. The number of nitrogens with zero attached hydrogens (tertiary/aromatic N) is 2. The van der Waals surface area contributed by atoms with E-state index in [2.05, 4.69) is 15.6 Å². The first-order valence-electron chi connectivity index (χ1n) is 11.4. The van der Waals surface area contributed by atoms with Gasteiger partial charge in [-0.05, 0) is 61.0 Å². The molecule has 0 radical (unpaired) electrons. The van der Waals surface area contributed by atoms with E-state index in [0.717, 1.165) is 5.56 Å². The minimum Gasteiger partial charge on any atom is -0.497 e. The number of aromatic nitrogens is 2. The highest BCUT2D eigenvalue weighted by Crippen LogP contribution is 2.30. The Morgan fingerprint density at radius 1 is 1.08 bits per heavy atom. The molecule has 2 N–H and O–H groups in total. The molecule has 2 heterocycles. The third kappa shape index (κ3) is 7.03. The summed E-state index contributed by atoms with van der Waals surface area (Å²) in [5.74, 6) is 0.637. The van der Waals surface area contributed by atoms with E-state index in [1.54, 1.807) is 74.2 Å². The van der Waals surface area contributed by atoms with Crippen molar-refractivity contribution in [3.63, 3.8) is 0 Å². The summed E-state index contributed by atoms with van der Waals surface area (Å²) >= 11 is 12.1. The molecule has 2 amide bonds. The lowest BCUT2D eigenvalue weighted by Crippen LogP contribution is -2.35. The molecule has 0 saturated carbocycles. The first kappa shape index (κ1) is 26.1. The molecule has 0 aliphatic carbocycles. The van der Waals surface area contributed by atoms with Gasteiger partial charge in [0, 0.05) is 42.7 Å². The number of carbonyl (C=O) groups excluding carboxylic acids is 2. The molecule has 4 aromatic rings. The summed E-state index contributed by atoms with van der Waals surface area (Å²) in [6, 6.07) is 15.2. The lowest BCUT2D eigenvalue weighted by Gasteiger charge is -2.11. The maximum atomic E-state index is 13.0. The fraction of sp³-hybridized carbons (Fsp3) is 0.148. The second-order valence-corrected chi connectivity index (χ2v) is 8.80. The summed E-state index contributed by atoms with van der Waals surface area (Å²) in [5, 5.41) is 6.37. The monoisotopic (exact) mass is 538 g/mol. The Bertz CT molecular complexity index is 1400. The molecule has 0 saturated heterocycles. The minimum absolute atomic E-state index is 0.0403. The topological polar surface area (TPSA) is 98.4 Å². The zero-order valence-corrected chi connectivity index (χ0v) is 21.4. The van der Waals surface area contributed by atoms with Crippen LogP contribution in [0.5, 0.6) is 5.75 Å². The van der Waals surface area contributed by atoms with E-state index in [9.17, 15) is 9.59 Å². The second kappa shape index (κ2) is 12.3. The van der Waals surface area contributed by atoms with Crippen molar-refractivity contribution in [2.75, 3.05) is 13.7 Å². The van der Waals surface area contributed by atoms with Crippen LogP contribution in [0.4, 0.5) is 0 Å². The molecule has 2 aromatic heterocycles. The summed E-state index contributed by atoms with van der Waals surface area (Å²) in [7, 11) is 1.54. The fourth-order valence-corrected chi connectivity index (χ4v) is 3.75. The van der Waals surface area contributed by atoms with E-state index in [-0.39, 0.29) is 5.70 Å². The quantitative estimate of drug-likeness (QED) is 0.207. The van der Waals surface area contributed by atoms with Gasteiger partial charge in [-0.25, -0.2) is 4.98 Å². The van der Waals surface area contributed by atoms with Crippen molar-refractivity contribution in [2.45, 2.75) is 13.0 Å². The number of ether oxygens (including phenoxy) is 1. The average molecular weight is 539 g/mol. The van der Waals surface area contributed by atoms with Crippen LogP contribution in [-0.2, 0) is 11.3 Å². The number of imidazole rings is 1. The molecule has 0 bridgehead atoms. The van der Waals surface area contributed by atoms with Crippen molar-refractivity contribution < 1.29 is 18.7 Å². The number of halogens is 2. The summed E-state index contributed by atoms with van der Waals surface area (Å²) in [5.41, 5.74) is 1.14. The Kier molecular flexibility index (Phi) is 8.66. The zero-order chi connectivity index (χ0) is 26.2. The third-order valence-corrected chi connectivity index (χ3v) is 6.14. The summed E-state index contributed by atoms with van der Waals surface area (Å²) < 4.78 is 13.0. The predicted molar refractivity (Wildman–Crippen MR) is 142 cm³/mol. The molecule has 37 heavy (non-hydrogen) atoms. The van der Waals surface area contributed by atoms with Crippen LogP contribution in [0.1, 0.15) is 22.5 Å². The van der Waals surface area contributed by atoms with Crippen LogP contribution in [-0.4, -0.2) is 35.0 Å². The molecular weight excluding hydrogens is 515 g/mol. The van der Waals surface area contributed by atoms with E-state index in [4.69, 9.17) is 32.4 Å². The van der Waals surface area contributed by atoms with Crippen LogP contribution in [0.25, 0.3) is 17.4 Å². The highest BCUT2D eigenvalue weighted by atomic mass is 35.5. The number of nitrogens with one attached hydrogen (secondary N) is 2. The first-order valence-corrected chi connectivity index (χ1v) is 12.1. The number of hydrogen-bond acceptors (Lipinski definition) is 5. The van der Waals surface area contributed by atoms with E-state index in [1.807, 2.05) is 10.8 Å². The number of rotatable bonds is 10. The normalized spacial score (nSPS) is 11.3. The van der Waals surface area contributed by atoms with Crippen LogP contribution >= 0.6 is 23.2 Å². The Hall–Kier alpha value is -4.01. The van der Waals surface area contributed by atoms with Gasteiger partial charge < -0.3 is 24.4 Å². The Morgan fingerprint density at radius 3 is 2.59 bits per heavy atom. The predicted octanol–water partition coefficient (Wildman–Crippen LogP) is 5.44. The largest absolute Gasteiger partial charge is 0.497 e. The summed E-state index contributed by atoms with van der Waals surface area (Å²) in [6.07, 6.45) is 7.43. The van der Waals surface area contributed by atoms with Crippen LogP contribution in [0.15, 0.2) is 83.4 Å². The van der Waals surface area contributed by atoms with Gasteiger partial charge >= 0.3 is 0 Å². The Labute approximate surface area is 223 Å². The maximum Gasteiger partial charge on any atom is 0.267 e. The van der Waals surface area contributed by atoms with Crippen molar-refractivity contribution >= 4 is 41.1 Å². The molecule has 0 fully saturated rings. The third-order valence-electron chi connectivity index (χ3n) is 5.40. The van der Waals surface area contributed by atoms with Crippen molar-refractivity contribution in [2.24, 2.45) is 0 Å². The SMILES string of the molecule is COc1ccc(C(=O)N/C(=C\c2ccc(-c3ccc(Cl)c(Cl)c3)o2)C(=O)NCCCn2ccnc2)cc1. The van der Waals surface area contributed by atoms with Gasteiger partial charge in [0.25, 0.3) is 11.8 Å². The van der Waals surface area contributed by atoms with Gasteiger partial charge in [-0.15, -0.1) is 0 Å². The smallest absolute Gasteiger partial charge is 0.267 e. The highest BCUT2D eigenvalue weighted by Gasteiger charge is 2.16. The number of methoxy groups -OCH3 is 1. The van der Waals surface area contributed by atoms with Gasteiger partial charge in [0.05, 0.1) is 23.5 Å². The first-order chi connectivity index (χ1) is 17.9. The van der Waals surface area contributed by atoms with Crippen molar-refractivity contribution in [1.82, 2.24) is 20.2 Å².